The molecule has 0 aliphatic rings. The molecular weight excluding hydrogens is 245 g/mol. The Morgan fingerprint density at radius 1 is 1.16 bits per heavy atom. The van der Waals surface area contributed by atoms with E-state index in [1.165, 1.54) is 12.1 Å². The van der Waals surface area contributed by atoms with Gasteiger partial charge in [-0.05, 0) is 42.5 Å². The summed E-state index contributed by atoms with van der Waals surface area (Å²) in [4.78, 5) is 7.33. The van der Waals surface area contributed by atoms with Crippen molar-refractivity contribution in [2.75, 3.05) is 5.73 Å². The molecule has 0 amide bonds. The number of nitrogens with zero attached hydrogens (tertiary/aromatic N) is 1. The molecule has 0 unspecified atom stereocenters. The van der Waals surface area contributed by atoms with Crippen molar-refractivity contribution in [3.8, 4) is 5.75 Å². The van der Waals surface area contributed by atoms with E-state index in [4.69, 9.17) is 10.5 Å². The van der Waals surface area contributed by atoms with Crippen LogP contribution >= 0.6 is 0 Å². The number of halogens is 1. The minimum absolute atomic E-state index is 0.290. The van der Waals surface area contributed by atoms with Crippen LogP contribution in [0.1, 0.15) is 5.82 Å². The number of hydrogen-bond acceptors (Lipinski definition) is 3. The van der Waals surface area contributed by atoms with Gasteiger partial charge in [-0.15, -0.1) is 0 Å². The van der Waals surface area contributed by atoms with E-state index in [2.05, 4.69) is 9.97 Å². The van der Waals surface area contributed by atoms with Crippen molar-refractivity contribution >= 4 is 16.7 Å². The third-order valence-electron chi connectivity index (χ3n) is 2.75. The Morgan fingerprint density at radius 3 is 2.74 bits per heavy atom. The molecular formula is C14H12FN3O. The zero-order valence-corrected chi connectivity index (χ0v) is 10.1. The summed E-state index contributed by atoms with van der Waals surface area (Å²) in [5.41, 5.74) is 7.66. The van der Waals surface area contributed by atoms with Crippen LogP contribution in [0.25, 0.3) is 11.0 Å². The number of imidazole rings is 1. The number of fused-ring (bicyclic) bond motifs is 1. The summed E-state index contributed by atoms with van der Waals surface area (Å²) in [5.74, 6) is 1.07. The second kappa shape index (κ2) is 4.61. The van der Waals surface area contributed by atoms with Crippen LogP contribution < -0.4 is 10.5 Å². The van der Waals surface area contributed by atoms with Crippen LogP contribution in [0.5, 0.6) is 5.75 Å². The normalized spacial score (nSPS) is 10.8. The average Bonchev–Trinajstić information content (AvgIpc) is 2.80. The standard InChI is InChI=1S/C14H12FN3O/c15-9-1-6-12-13(7-9)18-14(17-12)8-19-11-4-2-10(16)3-5-11/h1-7H,8,16H2,(H,17,18). The fraction of sp³-hybridized carbons (Fsp3) is 0.0714. The monoisotopic (exact) mass is 257 g/mol. The predicted octanol–water partition coefficient (Wildman–Crippen LogP) is 2.86. The molecule has 3 N–H and O–H groups in total. The van der Waals surface area contributed by atoms with E-state index in [0.717, 1.165) is 5.52 Å². The molecule has 96 valence electrons. The number of ether oxygens (including phenoxy) is 1. The number of benzene rings is 2. The fourth-order valence-electron chi connectivity index (χ4n) is 1.82. The van der Waals surface area contributed by atoms with Crippen LogP contribution in [0.4, 0.5) is 10.1 Å². The van der Waals surface area contributed by atoms with Crippen molar-refractivity contribution in [1.29, 1.82) is 0 Å². The van der Waals surface area contributed by atoms with E-state index < -0.39 is 0 Å². The maximum atomic E-state index is 13.0. The van der Waals surface area contributed by atoms with E-state index in [-0.39, 0.29) is 5.82 Å². The second-order valence-electron chi connectivity index (χ2n) is 4.20. The highest BCUT2D eigenvalue weighted by molar-refractivity contribution is 5.74. The van der Waals surface area contributed by atoms with Gasteiger partial charge in [-0.3, -0.25) is 0 Å². The molecule has 5 heteroatoms. The summed E-state index contributed by atoms with van der Waals surface area (Å²) in [6.45, 7) is 0.292. The largest absolute Gasteiger partial charge is 0.486 e. The molecule has 0 spiro atoms. The van der Waals surface area contributed by atoms with Crippen molar-refractivity contribution < 1.29 is 9.13 Å². The van der Waals surface area contributed by atoms with Gasteiger partial charge in [0.2, 0.25) is 0 Å². The van der Waals surface area contributed by atoms with Gasteiger partial charge >= 0.3 is 0 Å². The predicted molar refractivity (Wildman–Crippen MR) is 71.2 cm³/mol. The van der Waals surface area contributed by atoms with Gasteiger partial charge in [-0.2, -0.15) is 0 Å². The van der Waals surface area contributed by atoms with Crippen molar-refractivity contribution in [2.45, 2.75) is 6.61 Å². The van der Waals surface area contributed by atoms with Crippen molar-refractivity contribution in [1.82, 2.24) is 9.97 Å². The van der Waals surface area contributed by atoms with Gasteiger partial charge < -0.3 is 15.5 Å². The lowest BCUT2D eigenvalue weighted by Crippen LogP contribution is -1.97. The Hall–Kier alpha value is -2.56. The first kappa shape index (κ1) is 11.5. The van der Waals surface area contributed by atoms with Gasteiger partial charge in [0.25, 0.3) is 0 Å². The molecule has 0 aliphatic heterocycles. The number of aromatic nitrogens is 2. The summed E-state index contributed by atoms with van der Waals surface area (Å²) in [7, 11) is 0. The lowest BCUT2D eigenvalue weighted by atomic mass is 10.3. The van der Waals surface area contributed by atoms with Crippen molar-refractivity contribution in [3.63, 3.8) is 0 Å². The molecule has 3 rings (SSSR count). The molecule has 1 heterocycles. The zero-order valence-electron chi connectivity index (χ0n) is 10.1. The Bertz CT molecular complexity index is 706. The summed E-state index contributed by atoms with van der Waals surface area (Å²) in [6.07, 6.45) is 0. The molecule has 0 aliphatic carbocycles. The third-order valence-corrected chi connectivity index (χ3v) is 2.75. The van der Waals surface area contributed by atoms with Gasteiger partial charge in [0.15, 0.2) is 0 Å². The number of anilines is 1. The Kier molecular flexibility index (Phi) is 2.79. The highest BCUT2D eigenvalue weighted by atomic mass is 19.1. The maximum Gasteiger partial charge on any atom is 0.146 e. The third kappa shape index (κ3) is 2.49. The van der Waals surface area contributed by atoms with Crippen molar-refractivity contribution in [2.24, 2.45) is 0 Å². The van der Waals surface area contributed by atoms with Gasteiger partial charge in [-0.25, -0.2) is 9.37 Å². The Labute approximate surface area is 109 Å². The molecule has 4 nitrogen and oxygen atoms in total. The van der Waals surface area contributed by atoms with E-state index in [9.17, 15) is 4.39 Å². The highest BCUT2D eigenvalue weighted by Gasteiger charge is 2.04. The van der Waals surface area contributed by atoms with E-state index in [1.807, 2.05) is 0 Å². The van der Waals surface area contributed by atoms with Crippen LogP contribution in [0.15, 0.2) is 42.5 Å². The summed E-state index contributed by atoms with van der Waals surface area (Å²) in [5, 5.41) is 0. The van der Waals surface area contributed by atoms with E-state index >= 15 is 0 Å². The second-order valence-corrected chi connectivity index (χ2v) is 4.20. The molecule has 19 heavy (non-hydrogen) atoms. The average molecular weight is 257 g/mol. The minimum Gasteiger partial charge on any atom is -0.486 e. The maximum absolute atomic E-state index is 13.0. The minimum atomic E-state index is -0.290. The fourth-order valence-corrected chi connectivity index (χ4v) is 1.82. The molecule has 0 bridgehead atoms. The quantitative estimate of drug-likeness (QED) is 0.709. The van der Waals surface area contributed by atoms with Gasteiger partial charge in [-0.1, -0.05) is 0 Å². The summed E-state index contributed by atoms with van der Waals surface area (Å²) in [6, 6.07) is 11.5. The lowest BCUT2D eigenvalue weighted by Gasteiger charge is -2.03. The molecule has 0 saturated heterocycles. The number of hydrogen-bond donors (Lipinski definition) is 2. The highest BCUT2D eigenvalue weighted by Crippen LogP contribution is 2.16. The van der Waals surface area contributed by atoms with E-state index in [0.29, 0.717) is 29.4 Å². The molecule has 0 fully saturated rings. The number of nitrogens with one attached hydrogen (secondary N) is 1. The first-order valence-electron chi connectivity index (χ1n) is 5.83. The SMILES string of the molecule is Nc1ccc(OCc2nc3ccc(F)cc3[nH]2)cc1. The smallest absolute Gasteiger partial charge is 0.146 e. The number of nitrogens with two attached hydrogens (primary N) is 1. The number of H-pyrrole nitrogens is 1. The Balaban J connectivity index is 1.76. The molecule has 0 radical (unpaired) electrons. The van der Waals surface area contributed by atoms with Crippen LogP contribution in [0, 0.1) is 5.82 Å². The van der Waals surface area contributed by atoms with Crippen LogP contribution in [-0.4, -0.2) is 9.97 Å². The van der Waals surface area contributed by atoms with Crippen molar-refractivity contribution in [3.05, 3.63) is 54.1 Å². The topological polar surface area (TPSA) is 63.9 Å². The summed E-state index contributed by atoms with van der Waals surface area (Å²) < 4.78 is 18.6. The number of aromatic amines is 1. The van der Waals surface area contributed by atoms with Crippen LogP contribution in [0.2, 0.25) is 0 Å². The van der Waals surface area contributed by atoms with Gasteiger partial charge in [0, 0.05) is 5.69 Å². The molecule has 0 saturated carbocycles. The van der Waals surface area contributed by atoms with Gasteiger partial charge in [0.05, 0.1) is 11.0 Å². The van der Waals surface area contributed by atoms with Crippen LogP contribution in [0.3, 0.4) is 0 Å². The summed E-state index contributed by atoms with van der Waals surface area (Å²) >= 11 is 0. The van der Waals surface area contributed by atoms with Crippen LogP contribution in [-0.2, 0) is 6.61 Å². The first-order valence-corrected chi connectivity index (χ1v) is 5.83. The van der Waals surface area contributed by atoms with E-state index in [1.54, 1.807) is 30.3 Å². The zero-order chi connectivity index (χ0) is 13.2. The number of rotatable bonds is 3. The molecule has 2 aromatic carbocycles. The molecule has 3 aromatic rings. The molecule has 0 atom stereocenters. The van der Waals surface area contributed by atoms with Gasteiger partial charge in [0.1, 0.15) is 24.0 Å². The number of nitrogen functional groups attached to an aromatic ring is 1. The first-order chi connectivity index (χ1) is 9.20. The lowest BCUT2D eigenvalue weighted by molar-refractivity contribution is 0.297. The Morgan fingerprint density at radius 2 is 1.95 bits per heavy atom. The molecule has 1 aromatic heterocycles.